The van der Waals surface area contributed by atoms with E-state index in [0.29, 0.717) is 12.4 Å². The predicted molar refractivity (Wildman–Crippen MR) is 104 cm³/mol. The first-order chi connectivity index (χ1) is 11.4. The van der Waals surface area contributed by atoms with E-state index in [2.05, 4.69) is 19.8 Å². The van der Waals surface area contributed by atoms with E-state index in [1.165, 1.54) is 0 Å². The lowest BCUT2D eigenvalue weighted by molar-refractivity contribution is 0.317. The SMILES string of the molecule is CC.CC.CC/C(C)=N\O.CC1=NCC(N)=C1.Cc1cc(N)on1. The third-order valence-corrected chi connectivity index (χ3v) is 2.23. The number of hydrogen-bond acceptors (Lipinski definition) is 7. The van der Waals surface area contributed by atoms with E-state index >= 15 is 0 Å². The molecule has 7 nitrogen and oxygen atoms in total. The third-order valence-electron chi connectivity index (χ3n) is 2.23. The second-order valence-electron chi connectivity index (χ2n) is 4.24. The number of nitrogen functional groups attached to an aromatic ring is 1. The Balaban J connectivity index is -0.000000250. The van der Waals surface area contributed by atoms with Crippen LogP contribution in [0, 0.1) is 6.92 Å². The first-order valence-corrected chi connectivity index (χ1v) is 8.22. The summed E-state index contributed by atoms with van der Waals surface area (Å²) in [5.74, 6) is 0.373. The molecule has 1 aromatic rings. The fourth-order valence-electron chi connectivity index (χ4n) is 1.03. The molecule has 140 valence electrons. The average molecular weight is 342 g/mol. The summed E-state index contributed by atoms with van der Waals surface area (Å²) >= 11 is 0. The van der Waals surface area contributed by atoms with Crippen molar-refractivity contribution in [3.63, 3.8) is 0 Å². The highest BCUT2D eigenvalue weighted by molar-refractivity contribution is 5.95. The summed E-state index contributed by atoms with van der Waals surface area (Å²) in [6.45, 7) is 16.2. The number of anilines is 1. The molecule has 5 N–H and O–H groups in total. The Bertz CT molecular complexity index is 474. The van der Waals surface area contributed by atoms with E-state index in [1.54, 1.807) is 13.0 Å². The number of nitrogens with two attached hydrogens (primary N) is 2. The minimum absolute atomic E-state index is 0.373. The van der Waals surface area contributed by atoms with Crippen molar-refractivity contribution in [1.82, 2.24) is 5.16 Å². The van der Waals surface area contributed by atoms with Crippen molar-refractivity contribution < 1.29 is 9.73 Å². The molecule has 2 rings (SSSR count). The smallest absolute Gasteiger partial charge is 0.222 e. The Morgan fingerprint density at radius 1 is 1.25 bits per heavy atom. The van der Waals surface area contributed by atoms with Crippen LogP contribution in [0.3, 0.4) is 0 Å². The minimum atomic E-state index is 0.373. The number of aromatic nitrogens is 1. The van der Waals surface area contributed by atoms with Crippen molar-refractivity contribution in [2.24, 2.45) is 15.9 Å². The van der Waals surface area contributed by atoms with Crippen LogP contribution in [0.25, 0.3) is 0 Å². The van der Waals surface area contributed by atoms with E-state index in [-0.39, 0.29) is 0 Å². The number of oxime groups is 1. The summed E-state index contributed by atoms with van der Waals surface area (Å²) in [7, 11) is 0. The topological polar surface area (TPSA) is 123 Å². The maximum atomic E-state index is 7.92. The number of nitrogens with zero attached hydrogens (tertiary/aromatic N) is 3. The van der Waals surface area contributed by atoms with Crippen LogP contribution in [0.5, 0.6) is 0 Å². The monoisotopic (exact) mass is 341 g/mol. The molecule has 2 heterocycles. The van der Waals surface area contributed by atoms with Crippen molar-refractivity contribution in [3.05, 3.63) is 23.5 Å². The van der Waals surface area contributed by atoms with Crippen molar-refractivity contribution in [2.45, 2.75) is 61.8 Å². The normalized spacial score (nSPS) is 11.8. The molecule has 0 radical (unpaired) electrons. The van der Waals surface area contributed by atoms with Gasteiger partial charge >= 0.3 is 0 Å². The summed E-state index contributed by atoms with van der Waals surface area (Å²) in [6.07, 6.45) is 2.72. The molecule has 0 saturated heterocycles. The number of hydrogen-bond donors (Lipinski definition) is 3. The molecule has 0 aliphatic carbocycles. The second-order valence-corrected chi connectivity index (χ2v) is 4.24. The molecular formula is C17H35N5O2. The van der Waals surface area contributed by atoms with Crippen LogP contribution in [0.4, 0.5) is 5.88 Å². The van der Waals surface area contributed by atoms with Gasteiger partial charge in [0.15, 0.2) is 0 Å². The van der Waals surface area contributed by atoms with Gasteiger partial charge in [-0.15, -0.1) is 0 Å². The first kappa shape index (κ1) is 26.6. The molecule has 1 aliphatic rings. The van der Waals surface area contributed by atoms with E-state index < -0.39 is 0 Å². The lowest BCUT2D eigenvalue weighted by Crippen LogP contribution is -1.95. The molecule has 0 spiro atoms. The highest BCUT2D eigenvalue weighted by atomic mass is 16.5. The number of allylic oxidation sites excluding steroid dienone is 1. The summed E-state index contributed by atoms with van der Waals surface area (Å²) < 4.78 is 4.49. The largest absolute Gasteiger partial charge is 0.411 e. The molecule has 0 aromatic carbocycles. The van der Waals surface area contributed by atoms with Gasteiger partial charge in [0.25, 0.3) is 0 Å². The maximum absolute atomic E-state index is 7.92. The molecule has 0 amide bonds. The maximum Gasteiger partial charge on any atom is 0.222 e. The van der Waals surface area contributed by atoms with Gasteiger partial charge in [-0.2, -0.15) is 0 Å². The van der Waals surface area contributed by atoms with Crippen LogP contribution in [-0.4, -0.2) is 28.3 Å². The lowest BCUT2D eigenvalue weighted by atomic mass is 10.3. The standard InChI is InChI=1S/C5H8N2.C4H6N2O.C4H9NO.2C2H6/c1-4-2-5(6)3-7-4;1-3-2-4(5)7-6-3;1-3-4(2)5-6;2*1-2/h2H,3,6H2,1H3;2H,5H2,1H3;6H,3H2,1-2H3;2*1-2H3/b;;5-4-;;. The molecular weight excluding hydrogens is 306 g/mol. The van der Waals surface area contributed by atoms with Crippen molar-refractivity contribution in [3.8, 4) is 0 Å². The Labute approximate surface area is 146 Å². The molecule has 1 aliphatic heterocycles. The van der Waals surface area contributed by atoms with Gasteiger partial charge < -0.3 is 21.2 Å². The fraction of sp³-hybridized carbons (Fsp3) is 0.588. The van der Waals surface area contributed by atoms with Crippen LogP contribution in [-0.2, 0) is 0 Å². The highest BCUT2D eigenvalue weighted by Crippen LogP contribution is 2.00. The molecule has 1 aromatic heterocycles. The van der Waals surface area contributed by atoms with Crippen LogP contribution >= 0.6 is 0 Å². The number of rotatable bonds is 1. The second kappa shape index (κ2) is 18.7. The van der Waals surface area contributed by atoms with Gasteiger partial charge in [-0.3, -0.25) is 4.99 Å². The van der Waals surface area contributed by atoms with Gasteiger partial charge in [0.1, 0.15) is 0 Å². The summed E-state index contributed by atoms with van der Waals surface area (Å²) in [6, 6.07) is 1.67. The third kappa shape index (κ3) is 17.7. The number of aliphatic imine (C=N–C) groups is 1. The van der Waals surface area contributed by atoms with Crippen LogP contribution in [0.2, 0.25) is 0 Å². The molecule has 0 atom stereocenters. The molecule has 0 unspecified atom stereocenters. The van der Waals surface area contributed by atoms with Gasteiger partial charge in [-0.05, 0) is 33.3 Å². The molecule has 0 fully saturated rings. The summed E-state index contributed by atoms with van der Waals surface area (Å²) in [4.78, 5) is 4.02. The van der Waals surface area contributed by atoms with Gasteiger partial charge in [-0.1, -0.05) is 44.9 Å². The predicted octanol–water partition coefficient (Wildman–Crippen LogP) is 4.17. The zero-order valence-corrected chi connectivity index (χ0v) is 16.4. The molecule has 0 bridgehead atoms. The first-order valence-electron chi connectivity index (χ1n) is 8.22. The fourth-order valence-corrected chi connectivity index (χ4v) is 1.03. The zero-order chi connectivity index (χ0) is 19.5. The van der Waals surface area contributed by atoms with Crippen molar-refractivity contribution >= 4 is 17.3 Å². The Hall–Kier alpha value is -2.31. The lowest BCUT2D eigenvalue weighted by Gasteiger charge is -1.81. The van der Waals surface area contributed by atoms with Gasteiger partial charge in [0.2, 0.25) is 5.88 Å². The Morgan fingerprint density at radius 3 is 1.88 bits per heavy atom. The van der Waals surface area contributed by atoms with E-state index in [4.69, 9.17) is 16.7 Å². The molecule has 7 heteroatoms. The zero-order valence-electron chi connectivity index (χ0n) is 16.4. The van der Waals surface area contributed by atoms with Crippen LogP contribution in [0.1, 0.15) is 60.6 Å². The van der Waals surface area contributed by atoms with Crippen LogP contribution < -0.4 is 11.5 Å². The van der Waals surface area contributed by atoms with Gasteiger partial charge in [0, 0.05) is 17.5 Å². The minimum Gasteiger partial charge on any atom is -0.411 e. The van der Waals surface area contributed by atoms with Gasteiger partial charge in [0.05, 0.1) is 18.0 Å². The quantitative estimate of drug-likeness (QED) is 0.402. The summed E-state index contributed by atoms with van der Waals surface area (Å²) in [5, 5.41) is 14.4. The molecule has 24 heavy (non-hydrogen) atoms. The number of aryl methyl sites for hydroxylation is 1. The van der Waals surface area contributed by atoms with Gasteiger partial charge in [-0.25, -0.2) is 0 Å². The van der Waals surface area contributed by atoms with E-state index in [9.17, 15) is 0 Å². The van der Waals surface area contributed by atoms with E-state index in [1.807, 2.05) is 54.5 Å². The highest BCUT2D eigenvalue weighted by Gasteiger charge is 1.96. The molecule has 0 saturated carbocycles. The van der Waals surface area contributed by atoms with Crippen LogP contribution in [0.15, 0.2) is 32.5 Å². The average Bonchev–Trinajstić information content (AvgIpc) is 3.18. The van der Waals surface area contributed by atoms with Crippen molar-refractivity contribution in [1.29, 1.82) is 0 Å². The Morgan fingerprint density at radius 2 is 1.79 bits per heavy atom. The Kier molecular flexibility index (Phi) is 20.8. The van der Waals surface area contributed by atoms with Crippen molar-refractivity contribution in [2.75, 3.05) is 12.3 Å². The van der Waals surface area contributed by atoms with E-state index in [0.717, 1.165) is 29.2 Å². The summed E-state index contributed by atoms with van der Waals surface area (Å²) in [5.41, 5.74) is 14.0.